The van der Waals surface area contributed by atoms with Crippen molar-refractivity contribution >= 4 is 11.5 Å². The summed E-state index contributed by atoms with van der Waals surface area (Å²) in [5.41, 5.74) is 7.69. The summed E-state index contributed by atoms with van der Waals surface area (Å²) >= 11 is 0. The van der Waals surface area contributed by atoms with Crippen LogP contribution in [0.3, 0.4) is 0 Å². The fourth-order valence-corrected chi connectivity index (χ4v) is 2.79. The van der Waals surface area contributed by atoms with Gasteiger partial charge in [-0.05, 0) is 43.7 Å². The summed E-state index contributed by atoms with van der Waals surface area (Å²) < 4.78 is 0. The van der Waals surface area contributed by atoms with Crippen LogP contribution < -0.4 is 11.1 Å². The van der Waals surface area contributed by atoms with Gasteiger partial charge in [0.25, 0.3) is 0 Å². The normalized spacial score (nSPS) is 23.9. The van der Waals surface area contributed by atoms with Crippen molar-refractivity contribution in [1.82, 2.24) is 4.98 Å². The number of pyridine rings is 1. The predicted octanol–water partition coefficient (Wildman–Crippen LogP) is 3.60. The molecule has 2 rings (SSSR count). The van der Waals surface area contributed by atoms with Crippen molar-refractivity contribution in [2.75, 3.05) is 17.6 Å². The lowest BCUT2D eigenvalue weighted by molar-refractivity contribution is 0.278. The lowest BCUT2D eigenvalue weighted by atomic mass is 9.81. The molecule has 0 bridgehead atoms. The van der Waals surface area contributed by atoms with Crippen molar-refractivity contribution in [2.45, 2.75) is 46.0 Å². The smallest absolute Gasteiger partial charge is 0.149 e. The largest absolute Gasteiger partial charge is 0.396 e. The molecular formula is C15H25N3. The van der Waals surface area contributed by atoms with Gasteiger partial charge in [0.2, 0.25) is 0 Å². The van der Waals surface area contributed by atoms with Gasteiger partial charge in [-0.1, -0.05) is 26.2 Å². The van der Waals surface area contributed by atoms with Crippen LogP contribution in [0, 0.1) is 18.8 Å². The lowest BCUT2D eigenvalue weighted by Gasteiger charge is -2.28. The minimum Gasteiger partial charge on any atom is -0.396 e. The number of nitrogens with zero attached hydrogens (tertiary/aromatic N) is 1. The highest BCUT2D eigenvalue weighted by Gasteiger charge is 2.19. The van der Waals surface area contributed by atoms with E-state index in [1.165, 1.54) is 32.1 Å². The number of anilines is 2. The van der Waals surface area contributed by atoms with E-state index in [-0.39, 0.29) is 0 Å². The van der Waals surface area contributed by atoms with E-state index in [0.717, 1.165) is 35.6 Å². The molecular weight excluding hydrogens is 222 g/mol. The average molecular weight is 247 g/mol. The van der Waals surface area contributed by atoms with Gasteiger partial charge in [0.15, 0.2) is 0 Å². The molecule has 1 heterocycles. The molecule has 0 aliphatic heterocycles. The van der Waals surface area contributed by atoms with Crippen LogP contribution in [0.4, 0.5) is 11.5 Å². The minimum absolute atomic E-state index is 0.753. The van der Waals surface area contributed by atoms with E-state index in [2.05, 4.69) is 17.2 Å². The molecule has 1 aliphatic carbocycles. The van der Waals surface area contributed by atoms with Crippen molar-refractivity contribution in [2.24, 2.45) is 11.8 Å². The van der Waals surface area contributed by atoms with Gasteiger partial charge in [-0.2, -0.15) is 0 Å². The fourth-order valence-electron chi connectivity index (χ4n) is 2.79. The summed E-state index contributed by atoms with van der Waals surface area (Å²) in [7, 11) is 0. The third-order valence-electron chi connectivity index (χ3n) is 4.17. The summed E-state index contributed by atoms with van der Waals surface area (Å²) in [6.07, 6.45) is 6.81. The van der Waals surface area contributed by atoms with Crippen LogP contribution in [0.5, 0.6) is 0 Å². The molecule has 1 aromatic rings. The first-order valence-corrected chi connectivity index (χ1v) is 7.16. The van der Waals surface area contributed by atoms with E-state index in [1.54, 1.807) is 0 Å². The third kappa shape index (κ3) is 3.37. The van der Waals surface area contributed by atoms with Gasteiger partial charge in [0.1, 0.15) is 5.82 Å². The molecule has 1 fully saturated rings. The molecule has 0 saturated heterocycles. The van der Waals surface area contributed by atoms with Crippen LogP contribution in [0.2, 0.25) is 0 Å². The molecule has 0 atom stereocenters. The quantitative estimate of drug-likeness (QED) is 0.854. The summed E-state index contributed by atoms with van der Waals surface area (Å²) in [6.45, 7) is 5.31. The maximum Gasteiger partial charge on any atom is 0.149 e. The third-order valence-corrected chi connectivity index (χ3v) is 4.17. The number of aromatic nitrogens is 1. The summed E-state index contributed by atoms with van der Waals surface area (Å²) in [5, 5.41) is 3.42. The SMILES string of the molecule is CCC1CCC(CNc2nc(C)ccc2N)CC1. The molecule has 100 valence electrons. The highest BCUT2D eigenvalue weighted by atomic mass is 15.0. The van der Waals surface area contributed by atoms with Crippen LogP contribution in [0.1, 0.15) is 44.7 Å². The second kappa shape index (κ2) is 6.07. The lowest BCUT2D eigenvalue weighted by Crippen LogP contribution is -2.21. The second-order valence-corrected chi connectivity index (χ2v) is 5.57. The molecule has 3 heteroatoms. The second-order valence-electron chi connectivity index (χ2n) is 5.57. The highest BCUT2D eigenvalue weighted by molar-refractivity contribution is 5.61. The van der Waals surface area contributed by atoms with E-state index in [4.69, 9.17) is 5.73 Å². The number of nitrogen functional groups attached to an aromatic ring is 1. The number of nitrogens with one attached hydrogen (secondary N) is 1. The molecule has 18 heavy (non-hydrogen) atoms. The van der Waals surface area contributed by atoms with Crippen molar-refractivity contribution in [3.05, 3.63) is 17.8 Å². The fraction of sp³-hybridized carbons (Fsp3) is 0.667. The van der Waals surface area contributed by atoms with Crippen LogP contribution in [0.15, 0.2) is 12.1 Å². The van der Waals surface area contributed by atoms with Gasteiger partial charge < -0.3 is 11.1 Å². The van der Waals surface area contributed by atoms with Crippen LogP contribution in [-0.2, 0) is 0 Å². The Hall–Kier alpha value is -1.25. The Bertz CT molecular complexity index is 381. The Morgan fingerprint density at radius 2 is 1.89 bits per heavy atom. The molecule has 1 aliphatic rings. The number of hydrogen-bond donors (Lipinski definition) is 2. The van der Waals surface area contributed by atoms with E-state index in [9.17, 15) is 0 Å². The maximum absolute atomic E-state index is 5.92. The summed E-state index contributed by atoms with van der Waals surface area (Å²) in [4.78, 5) is 4.45. The van der Waals surface area contributed by atoms with Crippen LogP contribution in [-0.4, -0.2) is 11.5 Å². The van der Waals surface area contributed by atoms with Crippen molar-refractivity contribution in [3.8, 4) is 0 Å². The first-order valence-electron chi connectivity index (χ1n) is 7.16. The molecule has 0 unspecified atom stereocenters. The van der Waals surface area contributed by atoms with Gasteiger partial charge in [-0.25, -0.2) is 4.98 Å². The van der Waals surface area contributed by atoms with Gasteiger partial charge in [0, 0.05) is 12.2 Å². The zero-order valence-electron chi connectivity index (χ0n) is 11.6. The van der Waals surface area contributed by atoms with E-state index < -0.39 is 0 Å². The number of hydrogen-bond acceptors (Lipinski definition) is 3. The maximum atomic E-state index is 5.92. The highest BCUT2D eigenvalue weighted by Crippen LogP contribution is 2.30. The Labute approximate surface area is 110 Å². The standard InChI is InChI=1S/C15H25N3/c1-3-12-5-7-13(8-6-12)10-17-15-14(16)9-4-11(2)18-15/h4,9,12-13H,3,5-8,10,16H2,1-2H3,(H,17,18). The average Bonchev–Trinajstić information content (AvgIpc) is 2.40. The predicted molar refractivity (Wildman–Crippen MR) is 77.6 cm³/mol. The van der Waals surface area contributed by atoms with Crippen LogP contribution >= 0.6 is 0 Å². The van der Waals surface area contributed by atoms with Crippen LogP contribution in [0.25, 0.3) is 0 Å². The van der Waals surface area contributed by atoms with Gasteiger partial charge in [-0.15, -0.1) is 0 Å². The van der Waals surface area contributed by atoms with Gasteiger partial charge in [-0.3, -0.25) is 0 Å². The van der Waals surface area contributed by atoms with Crippen molar-refractivity contribution in [3.63, 3.8) is 0 Å². The molecule has 1 saturated carbocycles. The number of aryl methyl sites for hydroxylation is 1. The summed E-state index contributed by atoms with van der Waals surface area (Å²) in [5.74, 6) is 2.60. The van der Waals surface area contributed by atoms with E-state index >= 15 is 0 Å². The van der Waals surface area contributed by atoms with Gasteiger partial charge in [0.05, 0.1) is 5.69 Å². The first kappa shape index (κ1) is 13.2. The Balaban J connectivity index is 1.83. The topological polar surface area (TPSA) is 50.9 Å². The molecule has 1 aromatic heterocycles. The molecule has 0 amide bonds. The summed E-state index contributed by atoms with van der Waals surface area (Å²) in [6, 6.07) is 3.88. The molecule has 3 nitrogen and oxygen atoms in total. The van der Waals surface area contributed by atoms with E-state index in [1.807, 2.05) is 19.1 Å². The molecule has 0 radical (unpaired) electrons. The molecule has 3 N–H and O–H groups in total. The molecule has 0 aromatic carbocycles. The van der Waals surface area contributed by atoms with E-state index in [0.29, 0.717) is 0 Å². The van der Waals surface area contributed by atoms with Crippen molar-refractivity contribution in [1.29, 1.82) is 0 Å². The molecule has 0 spiro atoms. The van der Waals surface area contributed by atoms with Crippen molar-refractivity contribution < 1.29 is 0 Å². The Morgan fingerprint density at radius 1 is 1.22 bits per heavy atom. The Morgan fingerprint density at radius 3 is 2.56 bits per heavy atom. The number of nitrogens with two attached hydrogens (primary N) is 1. The number of rotatable bonds is 4. The monoisotopic (exact) mass is 247 g/mol. The van der Waals surface area contributed by atoms with Gasteiger partial charge >= 0.3 is 0 Å². The zero-order chi connectivity index (χ0) is 13.0. The Kier molecular flexibility index (Phi) is 4.45. The minimum atomic E-state index is 0.753. The zero-order valence-corrected chi connectivity index (χ0v) is 11.6. The first-order chi connectivity index (χ1) is 8.69.